The number of nitrogens with two attached hydrogens (primary N) is 1. The van der Waals surface area contributed by atoms with Gasteiger partial charge in [0.05, 0.1) is 4.90 Å². The minimum atomic E-state index is -3.78. The van der Waals surface area contributed by atoms with Crippen LogP contribution in [-0.2, 0) is 14.8 Å². The van der Waals surface area contributed by atoms with Gasteiger partial charge in [-0.3, -0.25) is 4.79 Å². The van der Waals surface area contributed by atoms with E-state index in [1.165, 1.54) is 18.2 Å². The summed E-state index contributed by atoms with van der Waals surface area (Å²) in [5.74, 6) is 0.186. The van der Waals surface area contributed by atoms with Gasteiger partial charge in [-0.05, 0) is 60.7 Å². The van der Waals surface area contributed by atoms with Crippen LogP contribution >= 0.6 is 15.9 Å². The van der Waals surface area contributed by atoms with Crippen molar-refractivity contribution in [1.82, 2.24) is 0 Å². The number of rotatable bonds is 5. The summed E-state index contributed by atoms with van der Waals surface area (Å²) in [6.45, 7) is 0. The summed E-state index contributed by atoms with van der Waals surface area (Å²) in [7, 11) is -3.78. The van der Waals surface area contributed by atoms with Crippen molar-refractivity contribution in [2.24, 2.45) is 5.14 Å². The topological polar surface area (TPSA) is 126 Å². The number of carbonyl (C=O) groups excluding carboxylic acids is 1. The molecule has 9 heteroatoms. The predicted molar refractivity (Wildman–Crippen MR) is 112 cm³/mol. The Labute approximate surface area is 175 Å². The molecule has 0 aliphatic rings. The minimum Gasteiger partial charge on any atom is -0.457 e. The molecule has 3 aromatic rings. The zero-order valence-electron chi connectivity index (χ0n) is 14.8. The first-order valence-electron chi connectivity index (χ1n) is 8.18. The fourth-order valence-electron chi connectivity index (χ4n) is 2.42. The second-order valence-corrected chi connectivity index (χ2v) is 8.38. The van der Waals surface area contributed by atoms with Gasteiger partial charge in [-0.1, -0.05) is 15.9 Å². The lowest BCUT2D eigenvalue weighted by molar-refractivity contribution is -0.112. The molecular formula is C20H14BrN3O4S. The van der Waals surface area contributed by atoms with E-state index in [-0.39, 0.29) is 10.5 Å². The molecule has 0 bridgehead atoms. The summed E-state index contributed by atoms with van der Waals surface area (Å²) in [5.41, 5.74) is 1.04. The molecule has 1 heterocycles. The van der Waals surface area contributed by atoms with E-state index in [0.29, 0.717) is 22.8 Å². The van der Waals surface area contributed by atoms with Crippen LogP contribution in [0.5, 0.6) is 0 Å². The number of amides is 1. The molecular weight excluding hydrogens is 458 g/mol. The van der Waals surface area contributed by atoms with Crippen LogP contribution in [0.2, 0.25) is 0 Å². The number of primary sulfonamides is 1. The van der Waals surface area contributed by atoms with Gasteiger partial charge in [-0.25, -0.2) is 13.6 Å². The molecule has 0 aliphatic carbocycles. The number of sulfonamides is 1. The molecule has 29 heavy (non-hydrogen) atoms. The molecule has 3 N–H and O–H groups in total. The fourth-order valence-corrected chi connectivity index (χ4v) is 3.20. The number of benzene rings is 2. The maximum absolute atomic E-state index is 12.3. The molecule has 0 saturated carbocycles. The summed E-state index contributed by atoms with van der Waals surface area (Å²) in [4.78, 5) is 12.3. The Morgan fingerprint density at radius 2 is 1.72 bits per heavy atom. The van der Waals surface area contributed by atoms with Crippen molar-refractivity contribution in [3.05, 3.63) is 76.5 Å². The number of anilines is 1. The monoisotopic (exact) mass is 471 g/mol. The number of nitrogens with one attached hydrogen (secondary N) is 1. The third-order valence-corrected chi connectivity index (χ3v) is 5.31. The second-order valence-electron chi connectivity index (χ2n) is 5.90. The van der Waals surface area contributed by atoms with Crippen LogP contribution in [0, 0.1) is 11.3 Å². The van der Waals surface area contributed by atoms with Crippen LogP contribution in [0.3, 0.4) is 0 Å². The van der Waals surface area contributed by atoms with E-state index in [2.05, 4.69) is 21.2 Å². The van der Waals surface area contributed by atoms with Gasteiger partial charge >= 0.3 is 0 Å². The van der Waals surface area contributed by atoms with Gasteiger partial charge in [0.2, 0.25) is 10.0 Å². The van der Waals surface area contributed by atoms with E-state index in [1.54, 1.807) is 48.5 Å². The minimum absolute atomic E-state index is 0.00990. The third kappa shape index (κ3) is 5.20. The van der Waals surface area contributed by atoms with Gasteiger partial charge < -0.3 is 9.73 Å². The Hall–Kier alpha value is -3.19. The van der Waals surface area contributed by atoms with E-state index in [9.17, 15) is 18.5 Å². The lowest BCUT2D eigenvalue weighted by Crippen LogP contribution is -2.13. The molecule has 0 fully saturated rings. The highest BCUT2D eigenvalue weighted by Gasteiger charge is 2.12. The summed E-state index contributed by atoms with van der Waals surface area (Å²) in [6, 6.07) is 17.9. The van der Waals surface area contributed by atoms with E-state index in [1.807, 2.05) is 6.07 Å². The van der Waals surface area contributed by atoms with Crippen molar-refractivity contribution in [3.8, 4) is 17.4 Å². The Balaban J connectivity index is 1.79. The van der Waals surface area contributed by atoms with Gasteiger partial charge in [0, 0.05) is 21.8 Å². The molecule has 146 valence electrons. The lowest BCUT2D eigenvalue weighted by Gasteiger charge is -2.04. The molecule has 2 aromatic carbocycles. The second kappa shape index (κ2) is 8.45. The first kappa shape index (κ1) is 20.5. The standard InChI is InChI=1S/C20H14BrN3O4S/c21-15-3-5-16(6-4-15)24-20(25)14(12-22)11-17-7-10-19(28-17)13-1-8-18(9-2-13)29(23,26)27/h1-11H,(H,24,25)(H2,23,26,27). The van der Waals surface area contributed by atoms with Gasteiger partial charge in [-0.15, -0.1) is 0 Å². The molecule has 0 unspecified atom stereocenters. The zero-order chi connectivity index (χ0) is 21.0. The number of nitriles is 1. The number of furan rings is 1. The lowest BCUT2D eigenvalue weighted by atomic mass is 10.2. The number of carbonyl (C=O) groups is 1. The number of hydrogen-bond acceptors (Lipinski definition) is 5. The average molecular weight is 472 g/mol. The zero-order valence-corrected chi connectivity index (χ0v) is 17.2. The van der Waals surface area contributed by atoms with E-state index < -0.39 is 15.9 Å². The molecule has 0 spiro atoms. The Morgan fingerprint density at radius 1 is 1.07 bits per heavy atom. The molecule has 7 nitrogen and oxygen atoms in total. The first-order chi connectivity index (χ1) is 13.8. The van der Waals surface area contributed by atoms with Gasteiger partial charge in [0.15, 0.2) is 0 Å². The van der Waals surface area contributed by atoms with Crippen LogP contribution in [0.1, 0.15) is 5.76 Å². The average Bonchev–Trinajstić information content (AvgIpc) is 3.16. The highest BCUT2D eigenvalue weighted by Crippen LogP contribution is 2.25. The maximum atomic E-state index is 12.3. The normalized spacial score (nSPS) is 11.7. The van der Waals surface area contributed by atoms with Gasteiger partial charge in [-0.2, -0.15) is 5.26 Å². The molecule has 0 aliphatic heterocycles. The van der Waals surface area contributed by atoms with Crippen molar-refractivity contribution >= 4 is 43.6 Å². The molecule has 1 amide bonds. The van der Waals surface area contributed by atoms with E-state index >= 15 is 0 Å². The van der Waals surface area contributed by atoms with Gasteiger partial charge in [0.1, 0.15) is 23.2 Å². The van der Waals surface area contributed by atoms with Crippen LogP contribution in [0.15, 0.2) is 80.0 Å². The number of hydrogen-bond donors (Lipinski definition) is 2. The summed E-state index contributed by atoms with van der Waals surface area (Å²) >= 11 is 3.31. The summed E-state index contributed by atoms with van der Waals surface area (Å²) in [5, 5.41) is 17.0. The SMILES string of the molecule is N#CC(=Cc1ccc(-c2ccc(S(N)(=O)=O)cc2)o1)C(=O)Nc1ccc(Br)cc1. The van der Waals surface area contributed by atoms with Crippen LogP contribution in [0.4, 0.5) is 5.69 Å². The van der Waals surface area contributed by atoms with E-state index in [0.717, 1.165) is 4.47 Å². The van der Waals surface area contributed by atoms with Crippen LogP contribution in [0.25, 0.3) is 17.4 Å². The van der Waals surface area contributed by atoms with Crippen molar-refractivity contribution in [2.45, 2.75) is 4.90 Å². The summed E-state index contributed by atoms with van der Waals surface area (Å²) in [6.07, 6.45) is 1.33. The Kier molecular flexibility index (Phi) is 5.98. The maximum Gasteiger partial charge on any atom is 0.266 e. The van der Waals surface area contributed by atoms with Crippen molar-refractivity contribution in [3.63, 3.8) is 0 Å². The smallest absolute Gasteiger partial charge is 0.266 e. The number of halogens is 1. The van der Waals surface area contributed by atoms with Crippen LogP contribution < -0.4 is 10.5 Å². The Bertz CT molecular complexity index is 1220. The van der Waals surface area contributed by atoms with E-state index in [4.69, 9.17) is 9.56 Å². The van der Waals surface area contributed by atoms with Crippen molar-refractivity contribution in [1.29, 1.82) is 5.26 Å². The van der Waals surface area contributed by atoms with Crippen molar-refractivity contribution < 1.29 is 17.6 Å². The van der Waals surface area contributed by atoms with Gasteiger partial charge in [0.25, 0.3) is 5.91 Å². The van der Waals surface area contributed by atoms with Crippen LogP contribution in [-0.4, -0.2) is 14.3 Å². The third-order valence-electron chi connectivity index (χ3n) is 3.85. The quantitative estimate of drug-likeness (QED) is 0.430. The summed E-state index contributed by atoms with van der Waals surface area (Å²) < 4.78 is 29.2. The number of nitrogens with zero attached hydrogens (tertiary/aromatic N) is 1. The largest absolute Gasteiger partial charge is 0.457 e. The highest BCUT2D eigenvalue weighted by atomic mass is 79.9. The highest BCUT2D eigenvalue weighted by molar-refractivity contribution is 9.10. The predicted octanol–water partition coefficient (Wildman–Crippen LogP) is 3.90. The molecule has 3 rings (SSSR count). The Morgan fingerprint density at radius 3 is 2.31 bits per heavy atom. The van der Waals surface area contributed by atoms with Crippen molar-refractivity contribution in [2.75, 3.05) is 5.32 Å². The first-order valence-corrected chi connectivity index (χ1v) is 10.5. The molecule has 0 saturated heterocycles. The molecule has 0 radical (unpaired) electrons. The fraction of sp³-hybridized carbons (Fsp3) is 0. The molecule has 0 atom stereocenters. The molecule has 1 aromatic heterocycles.